The average Bonchev–Trinajstić information content (AvgIpc) is 2.27. The van der Waals surface area contributed by atoms with Crippen LogP contribution in [0.3, 0.4) is 0 Å². The van der Waals surface area contributed by atoms with Gasteiger partial charge in [0.25, 0.3) is 0 Å². The number of aromatic nitrogens is 1. The van der Waals surface area contributed by atoms with Crippen molar-refractivity contribution in [3.8, 4) is 6.07 Å². The molecule has 1 heterocycles. The molecule has 1 atom stereocenters. The van der Waals surface area contributed by atoms with E-state index >= 15 is 0 Å². The molecule has 0 aliphatic heterocycles. The van der Waals surface area contributed by atoms with Gasteiger partial charge in [0, 0.05) is 16.4 Å². The number of hydrogen-bond donors (Lipinski definition) is 1. The summed E-state index contributed by atoms with van der Waals surface area (Å²) in [5.41, 5.74) is 0. The van der Waals surface area contributed by atoms with Crippen LogP contribution in [-0.2, 0) is 0 Å². The fraction of sp³-hybridized carbons (Fsp3) is 0.400. The summed E-state index contributed by atoms with van der Waals surface area (Å²) in [6.07, 6.45) is 2.59. The molecule has 0 aromatic carbocycles. The van der Waals surface area contributed by atoms with E-state index in [9.17, 15) is 0 Å². The van der Waals surface area contributed by atoms with Gasteiger partial charge in [0.05, 0.1) is 12.1 Å². The van der Waals surface area contributed by atoms with Crippen molar-refractivity contribution >= 4 is 27.7 Å². The highest BCUT2D eigenvalue weighted by Gasteiger charge is 2.05. The van der Waals surface area contributed by atoms with E-state index in [1.54, 1.807) is 25.0 Å². The van der Waals surface area contributed by atoms with Gasteiger partial charge in [0.15, 0.2) is 0 Å². The van der Waals surface area contributed by atoms with Crippen molar-refractivity contribution in [3.05, 3.63) is 22.8 Å². The highest BCUT2D eigenvalue weighted by atomic mass is 79.9. The Bertz CT molecular complexity index is 351. The van der Waals surface area contributed by atoms with Gasteiger partial charge in [-0.15, -0.1) is 11.8 Å². The molecule has 0 bridgehead atoms. The number of pyridine rings is 1. The minimum Gasteiger partial charge on any atom is -0.305 e. The van der Waals surface area contributed by atoms with Gasteiger partial charge in [-0.2, -0.15) is 5.26 Å². The summed E-state index contributed by atoms with van der Waals surface area (Å²) < 4.78 is 1.01. The molecule has 80 valence electrons. The van der Waals surface area contributed by atoms with Crippen molar-refractivity contribution in [3.63, 3.8) is 0 Å². The third-order valence-corrected chi connectivity index (χ3v) is 3.82. The summed E-state index contributed by atoms with van der Waals surface area (Å²) in [5.74, 6) is 0.884. The van der Waals surface area contributed by atoms with Crippen molar-refractivity contribution < 1.29 is 0 Å². The van der Waals surface area contributed by atoms with Crippen molar-refractivity contribution in [2.75, 3.05) is 12.8 Å². The number of nitriles is 1. The van der Waals surface area contributed by atoms with Gasteiger partial charge in [-0.1, -0.05) is 0 Å². The van der Waals surface area contributed by atoms with Crippen LogP contribution in [0.1, 0.15) is 6.42 Å². The Hall–Kier alpha value is -0.570. The monoisotopic (exact) mass is 285 g/mol. The normalized spacial score (nSPS) is 12.1. The molecule has 0 fully saturated rings. The predicted octanol–water partition coefficient (Wildman–Crippen LogP) is 2.44. The number of thioether (sulfide) groups is 1. The van der Waals surface area contributed by atoms with E-state index in [4.69, 9.17) is 5.26 Å². The zero-order valence-electron chi connectivity index (χ0n) is 8.40. The molecular weight excluding hydrogens is 274 g/mol. The topological polar surface area (TPSA) is 48.7 Å². The first-order valence-corrected chi connectivity index (χ1v) is 6.36. The lowest BCUT2D eigenvalue weighted by molar-refractivity contribution is 0.663. The molecule has 0 spiro atoms. The van der Waals surface area contributed by atoms with Crippen LogP contribution in [0.4, 0.5) is 0 Å². The molecule has 15 heavy (non-hydrogen) atoms. The van der Waals surface area contributed by atoms with Crippen molar-refractivity contribution in [1.82, 2.24) is 10.3 Å². The molecule has 0 radical (unpaired) electrons. The van der Waals surface area contributed by atoms with E-state index in [0.29, 0.717) is 0 Å². The Kier molecular flexibility index (Phi) is 5.69. The summed E-state index contributed by atoms with van der Waals surface area (Å²) in [7, 11) is 1.80. The second kappa shape index (κ2) is 6.83. The molecule has 0 amide bonds. The SMILES string of the molecule is CNC(C#N)CCSc1ncccc1Br. The van der Waals surface area contributed by atoms with E-state index < -0.39 is 0 Å². The third-order valence-electron chi connectivity index (χ3n) is 1.87. The van der Waals surface area contributed by atoms with Gasteiger partial charge in [-0.25, -0.2) is 4.98 Å². The van der Waals surface area contributed by atoms with Crippen LogP contribution in [0.5, 0.6) is 0 Å². The summed E-state index contributed by atoms with van der Waals surface area (Å²) in [5, 5.41) is 12.7. The van der Waals surface area contributed by atoms with Crippen LogP contribution in [0.2, 0.25) is 0 Å². The molecule has 1 unspecified atom stereocenters. The van der Waals surface area contributed by atoms with Crippen LogP contribution in [0, 0.1) is 11.3 Å². The first kappa shape index (κ1) is 12.5. The zero-order chi connectivity index (χ0) is 11.1. The average molecular weight is 286 g/mol. The van der Waals surface area contributed by atoms with Crippen LogP contribution in [0.15, 0.2) is 27.8 Å². The first-order chi connectivity index (χ1) is 7.27. The second-order valence-electron chi connectivity index (χ2n) is 2.90. The van der Waals surface area contributed by atoms with Crippen LogP contribution >= 0.6 is 27.7 Å². The fourth-order valence-electron chi connectivity index (χ4n) is 1.02. The Morgan fingerprint density at radius 1 is 1.73 bits per heavy atom. The maximum atomic E-state index is 8.73. The highest BCUT2D eigenvalue weighted by Crippen LogP contribution is 2.25. The van der Waals surface area contributed by atoms with E-state index in [1.807, 2.05) is 12.1 Å². The minimum atomic E-state index is -0.0695. The van der Waals surface area contributed by atoms with Crippen molar-refractivity contribution in [2.45, 2.75) is 17.5 Å². The summed E-state index contributed by atoms with van der Waals surface area (Å²) in [6, 6.07) is 5.98. The van der Waals surface area contributed by atoms with Gasteiger partial charge >= 0.3 is 0 Å². The summed E-state index contributed by atoms with van der Waals surface area (Å²) >= 11 is 5.09. The minimum absolute atomic E-state index is 0.0695. The fourth-order valence-corrected chi connectivity index (χ4v) is 2.51. The van der Waals surface area contributed by atoms with Crippen molar-refractivity contribution in [1.29, 1.82) is 5.26 Å². The van der Waals surface area contributed by atoms with Crippen LogP contribution < -0.4 is 5.32 Å². The molecule has 1 aromatic heterocycles. The Morgan fingerprint density at radius 2 is 2.53 bits per heavy atom. The van der Waals surface area contributed by atoms with Gasteiger partial charge in [-0.05, 0) is 41.5 Å². The molecular formula is C10H12BrN3S. The molecule has 1 N–H and O–H groups in total. The molecule has 1 rings (SSSR count). The number of nitrogens with zero attached hydrogens (tertiary/aromatic N) is 2. The molecule has 0 saturated carbocycles. The number of hydrogen-bond acceptors (Lipinski definition) is 4. The smallest absolute Gasteiger partial charge is 0.110 e. The van der Waals surface area contributed by atoms with E-state index in [-0.39, 0.29) is 6.04 Å². The van der Waals surface area contributed by atoms with Gasteiger partial charge in [-0.3, -0.25) is 0 Å². The Balaban J connectivity index is 2.39. The van der Waals surface area contributed by atoms with Gasteiger partial charge < -0.3 is 5.32 Å². The van der Waals surface area contributed by atoms with E-state index in [2.05, 4.69) is 32.3 Å². The lowest BCUT2D eigenvalue weighted by atomic mass is 10.3. The van der Waals surface area contributed by atoms with Crippen LogP contribution in [-0.4, -0.2) is 23.8 Å². The Labute approximate surface area is 102 Å². The first-order valence-electron chi connectivity index (χ1n) is 4.58. The molecule has 3 nitrogen and oxygen atoms in total. The number of nitrogens with one attached hydrogen (secondary N) is 1. The molecule has 5 heteroatoms. The molecule has 1 aromatic rings. The maximum Gasteiger partial charge on any atom is 0.110 e. The van der Waals surface area contributed by atoms with E-state index in [1.165, 1.54) is 0 Å². The maximum absolute atomic E-state index is 8.73. The lowest BCUT2D eigenvalue weighted by Gasteiger charge is -2.06. The van der Waals surface area contributed by atoms with Gasteiger partial charge in [0.1, 0.15) is 5.03 Å². The third kappa shape index (κ3) is 4.20. The lowest BCUT2D eigenvalue weighted by Crippen LogP contribution is -2.23. The van der Waals surface area contributed by atoms with Crippen molar-refractivity contribution in [2.24, 2.45) is 0 Å². The molecule has 0 aliphatic carbocycles. The number of halogens is 1. The van der Waals surface area contributed by atoms with Crippen LogP contribution in [0.25, 0.3) is 0 Å². The standard InChI is InChI=1S/C10H12BrN3S/c1-13-8(7-12)4-6-15-10-9(11)3-2-5-14-10/h2-3,5,8,13H,4,6H2,1H3. The molecule has 0 saturated heterocycles. The quantitative estimate of drug-likeness (QED) is 0.845. The summed E-state index contributed by atoms with van der Waals surface area (Å²) in [6.45, 7) is 0. The predicted molar refractivity (Wildman–Crippen MR) is 65.7 cm³/mol. The largest absolute Gasteiger partial charge is 0.305 e. The summed E-state index contributed by atoms with van der Waals surface area (Å²) in [4.78, 5) is 4.24. The number of rotatable bonds is 5. The highest BCUT2D eigenvalue weighted by molar-refractivity contribution is 9.10. The Morgan fingerprint density at radius 3 is 3.13 bits per heavy atom. The second-order valence-corrected chi connectivity index (χ2v) is 4.84. The van der Waals surface area contributed by atoms with Gasteiger partial charge in [0.2, 0.25) is 0 Å². The van der Waals surface area contributed by atoms with E-state index in [0.717, 1.165) is 21.7 Å². The zero-order valence-corrected chi connectivity index (χ0v) is 10.8. The molecule has 0 aliphatic rings.